The summed E-state index contributed by atoms with van der Waals surface area (Å²) in [6.45, 7) is 1.89. The van der Waals surface area contributed by atoms with E-state index in [-0.39, 0.29) is 5.56 Å². The molecule has 6 heteroatoms. The summed E-state index contributed by atoms with van der Waals surface area (Å²) in [6.07, 6.45) is 0. The maximum atomic E-state index is 10.9. The lowest BCUT2D eigenvalue weighted by atomic mass is 10.2. The van der Waals surface area contributed by atoms with Gasteiger partial charge in [0.15, 0.2) is 5.11 Å². The summed E-state index contributed by atoms with van der Waals surface area (Å²) in [6, 6.07) is 11.9. The van der Waals surface area contributed by atoms with Crippen LogP contribution < -0.4 is 10.6 Å². The van der Waals surface area contributed by atoms with Gasteiger partial charge in [-0.2, -0.15) is 0 Å². The van der Waals surface area contributed by atoms with Crippen LogP contribution >= 0.6 is 23.8 Å². The van der Waals surface area contributed by atoms with Gasteiger partial charge < -0.3 is 15.7 Å². The Hall–Kier alpha value is -2.11. The Kier molecular flexibility index (Phi) is 4.77. The van der Waals surface area contributed by atoms with Crippen LogP contribution in [-0.2, 0) is 0 Å². The average molecular weight is 321 g/mol. The third-order valence-electron chi connectivity index (χ3n) is 2.88. The summed E-state index contributed by atoms with van der Waals surface area (Å²) in [5.41, 5.74) is 2.49. The molecule has 0 bridgehead atoms. The standard InChI is InChI=1S/C15H13ClN2O2S/c1-9-12(16)6-3-7-13(9)18-15(21)17-11-5-2-4-10(8-11)14(19)20/h2-8H,1H3,(H,19,20)(H2,17,18,21). The zero-order valence-electron chi connectivity index (χ0n) is 11.2. The zero-order chi connectivity index (χ0) is 15.4. The van der Waals surface area contributed by atoms with Gasteiger partial charge in [-0.15, -0.1) is 0 Å². The van der Waals surface area contributed by atoms with E-state index in [0.717, 1.165) is 11.3 Å². The first-order chi connectivity index (χ1) is 9.97. The number of anilines is 2. The highest BCUT2D eigenvalue weighted by Gasteiger charge is 2.06. The fourth-order valence-electron chi connectivity index (χ4n) is 1.76. The van der Waals surface area contributed by atoms with Gasteiger partial charge in [-0.3, -0.25) is 0 Å². The molecule has 0 spiro atoms. The van der Waals surface area contributed by atoms with E-state index >= 15 is 0 Å². The molecular weight excluding hydrogens is 308 g/mol. The van der Waals surface area contributed by atoms with Crippen molar-refractivity contribution in [1.82, 2.24) is 0 Å². The van der Waals surface area contributed by atoms with Crippen LogP contribution in [0.15, 0.2) is 42.5 Å². The van der Waals surface area contributed by atoms with Gasteiger partial charge in [0, 0.05) is 16.4 Å². The van der Waals surface area contributed by atoms with Crippen molar-refractivity contribution in [3.05, 3.63) is 58.6 Å². The fraction of sp³-hybridized carbons (Fsp3) is 0.0667. The molecule has 2 aromatic carbocycles. The van der Waals surface area contributed by atoms with Crippen LogP contribution in [-0.4, -0.2) is 16.2 Å². The first kappa shape index (κ1) is 15.3. The molecule has 108 valence electrons. The lowest BCUT2D eigenvalue weighted by Gasteiger charge is -2.13. The number of halogens is 1. The summed E-state index contributed by atoms with van der Waals surface area (Å²) < 4.78 is 0. The second kappa shape index (κ2) is 6.56. The van der Waals surface area contributed by atoms with Crippen LogP contribution in [0.2, 0.25) is 5.02 Å². The fourth-order valence-corrected chi connectivity index (χ4v) is 2.16. The number of rotatable bonds is 3. The number of aromatic carboxylic acids is 1. The van der Waals surface area contributed by atoms with Gasteiger partial charge in [-0.25, -0.2) is 4.79 Å². The normalized spacial score (nSPS) is 10.0. The minimum Gasteiger partial charge on any atom is -0.478 e. The van der Waals surface area contributed by atoms with Gasteiger partial charge >= 0.3 is 5.97 Å². The smallest absolute Gasteiger partial charge is 0.335 e. The Morgan fingerprint density at radius 2 is 1.90 bits per heavy atom. The first-order valence-corrected chi connectivity index (χ1v) is 6.92. The SMILES string of the molecule is Cc1c(Cl)cccc1NC(=S)Nc1cccc(C(=O)O)c1. The van der Waals surface area contributed by atoms with Gasteiger partial charge in [-0.1, -0.05) is 23.7 Å². The molecule has 0 aliphatic carbocycles. The largest absolute Gasteiger partial charge is 0.478 e. The van der Waals surface area contributed by atoms with Crippen LogP contribution in [0, 0.1) is 6.92 Å². The summed E-state index contributed by atoms with van der Waals surface area (Å²) >= 11 is 11.3. The lowest BCUT2D eigenvalue weighted by molar-refractivity contribution is 0.0697. The summed E-state index contributed by atoms with van der Waals surface area (Å²) in [5, 5.41) is 16.0. The van der Waals surface area contributed by atoms with Crippen LogP contribution in [0.25, 0.3) is 0 Å². The molecule has 4 nitrogen and oxygen atoms in total. The summed E-state index contributed by atoms with van der Waals surface area (Å²) in [5.74, 6) is -0.983. The van der Waals surface area contributed by atoms with E-state index < -0.39 is 5.97 Å². The number of thiocarbonyl (C=S) groups is 1. The van der Waals surface area contributed by atoms with Crippen molar-refractivity contribution in [2.75, 3.05) is 10.6 Å². The number of benzene rings is 2. The van der Waals surface area contributed by atoms with Crippen molar-refractivity contribution in [3.8, 4) is 0 Å². The molecule has 0 fully saturated rings. The number of carbonyl (C=O) groups is 1. The van der Waals surface area contributed by atoms with Gasteiger partial charge in [0.2, 0.25) is 0 Å². The van der Waals surface area contributed by atoms with E-state index in [2.05, 4.69) is 10.6 Å². The van der Waals surface area contributed by atoms with Gasteiger partial charge in [0.25, 0.3) is 0 Å². The molecule has 0 aromatic heterocycles. The van der Waals surface area contributed by atoms with Crippen molar-refractivity contribution in [3.63, 3.8) is 0 Å². The van der Waals surface area contributed by atoms with E-state index in [9.17, 15) is 4.79 Å². The molecule has 0 saturated carbocycles. The molecule has 21 heavy (non-hydrogen) atoms. The third-order valence-corrected chi connectivity index (χ3v) is 3.50. The molecule has 0 saturated heterocycles. The Labute approximate surface area is 132 Å². The van der Waals surface area contributed by atoms with Crippen LogP contribution in [0.1, 0.15) is 15.9 Å². The molecule has 2 rings (SSSR count). The number of carboxylic acid groups (broad SMARTS) is 1. The highest BCUT2D eigenvalue weighted by atomic mass is 35.5. The predicted octanol–water partition coefficient (Wildman–Crippen LogP) is 4.16. The minimum atomic E-state index is -0.983. The number of nitrogens with one attached hydrogen (secondary N) is 2. The van der Waals surface area contributed by atoms with Crippen molar-refractivity contribution in [1.29, 1.82) is 0 Å². The van der Waals surface area contributed by atoms with Crippen LogP contribution in [0.5, 0.6) is 0 Å². The molecule has 2 aromatic rings. The molecule has 0 amide bonds. The topological polar surface area (TPSA) is 61.4 Å². The first-order valence-electron chi connectivity index (χ1n) is 6.14. The van der Waals surface area contributed by atoms with E-state index in [1.807, 2.05) is 19.1 Å². The Morgan fingerprint density at radius 1 is 1.19 bits per heavy atom. The zero-order valence-corrected chi connectivity index (χ0v) is 12.8. The van der Waals surface area contributed by atoms with E-state index in [1.54, 1.807) is 18.2 Å². The van der Waals surface area contributed by atoms with Crippen LogP contribution in [0.4, 0.5) is 11.4 Å². The molecule has 3 N–H and O–H groups in total. The van der Waals surface area contributed by atoms with E-state index in [0.29, 0.717) is 15.8 Å². The number of hydrogen-bond acceptors (Lipinski definition) is 2. The second-order valence-corrected chi connectivity index (χ2v) is 5.19. The quantitative estimate of drug-likeness (QED) is 0.741. The van der Waals surface area contributed by atoms with E-state index in [1.165, 1.54) is 12.1 Å². The van der Waals surface area contributed by atoms with Crippen molar-refractivity contribution in [2.45, 2.75) is 6.92 Å². The van der Waals surface area contributed by atoms with Gasteiger partial charge in [0.05, 0.1) is 5.56 Å². The average Bonchev–Trinajstić information content (AvgIpc) is 2.44. The second-order valence-electron chi connectivity index (χ2n) is 4.38. The van der Waals surface area contributed by atoms with E-state index in [4.69, 9.17) is 28.9 Å². The minimum absolute atomic E-state index is 0.196. The Balaban J connectivity index is 2.10. The maximum Gasteiger partial charge on any atom is 0.335 e. The van der Waals surface area contributed by atoms with Crippen molar-refractivity contribution >= 4 is 46.3 Å². The molecule has 0 aliphatic heterocycles. The maximum absolute atomic E-state index is 10.9. The van der Waals surface area contributed by atoms with Crippen molar-refractivity contribution < 1.29 is 9.90 Å². The molecule has 0 radical (unpaired) electrons. The number of hydrogen-bond donors (Lipinski definition) is 3. The lowest BCUT2D eigenvalue weighted by Crippen LogP contribution is -2.19. The number of carboxylic acids is 1. The van der Waals surface area contributed by atoms with Gasteiger partial charge in [0.1, 0.15) is 0 Å². The van der Waals surface area contributed by atoms with Crippen LogP contribution in [0.3, 0.4) is 0 Å². The predicted molar refractivity (Wildman–Crippen MR) is 89.4 cm³/mol. The summed E-state index contributed by atoms with van der Waals surface area (Å²) in [4.78, 5) is 10.9. The molecule has 0 atom stereocenters. The van der Waals surface area contributed by atoms with Gasteiger partial charge in [-0.05, 0) is 55.0 Å². The highest BCUT2D eigenvalue weighted by Crippen LogP contribution is 2.23. The summed E-state index contributed by atoms with van der Waals surface area (Å²) in [7, 11) is 0. The Morgan fingerprint density at radius 3 is 2.62 bits per heavy atom. The molecule has 0 heterocycles. The molecule has 0 aliphatic rings. The third kappa shape index (κ3) is 3.93. The highest BCUT2D eigenvalue weighted by molar-refractivity contribution is 7.80. The molecule has 0 unspecified atom stereocenters. The Bertz CT molecular complexity index is 704. The monoisotopic (exact) mass is 320 g/mol. The van der Waals surface area contributed by atoms with Crippen molar-refractivity contribution in [2.24, 2.45) is 0 Å². The molecular formula is C15H13ClN2O2S.